The second kappa shape index (κ2) is 7.09. The number of halogens is 3. The lowest BCUT2D eigenvalue weighted by molar-refractivity contribution is -0.137. The molecule has 1 aliphatic rings. The van der Waals surface area contributed by atoms with Gasteiger partial charge in [0.1, 0.15) is 5.75 Å². The SMILES string of the molecule is NC=CCC1CCOc2c(Oc3ccc(C(F)(F)F)cc3)cccc21. The Labute approximate surface area is 143 Å². The lowest BCUT2D eigenvalue weighted by Crippen LogP contribution is -2.14. The highest BCUT2D eigenvalue weighted by molar-refractivity contribution is 5.51. The van der Waals surface area contributed by atoms with E-state index in [4.69, 9.17) is 15.2 Å². The molecule has 0 spiro atoms. The number of ether oxygens (including phenoxy) is 2. The van der Waals surface area contributed by atoms with E-state index in [-0.39, 0.29) is 5.92 Å². The van der Waals surface area contributed by atoms with Gasteiger partial charge in [0.05, 0.1) is 12.2 Å². The Morgan fingerprint density at radius 3 is 2.60 bits per heavy atom. The number of allylic oxidation sites excluding steroid dienone is 1. The highest BCUT2D eigenvalue weighted by Crippen LogP contribution is 2.43. The highest BCUT2D eigenvalue weighted by atomic mass is 19.4. The zero-order valence-electron chi connectivity index (χ0n) is 13.4. The minimum absolute atomic E-state index is 0.278. The molecule has 0 aliphatic carbocycles. The molecule has 1 aliphatic heterocycles. The van der Waals surface area contributed by atoms with Gasteiger partial charge in [-0.3, -0.25) is 0 Å². The van der Waals surface area contributed by atoms with Crippen LogP contribution in [0.4, 0.5) is 13.2 Å². The van der Waals surface area contributed by atoms with Gasteiger partial charge in [-0.05, 0) is 55.3 Å². The molecule has 132 valence electrons. The summed E-state index contributed by atoms with van der Waals surface area (Å²) in [5.74, 6) is 1.75. The Kier molecular flexibility index (Phi) is 4.88. The molecule has 0 bridgehead atoms. The first kappa shape index (κ1) is 17.2. The number of alkyl halides is 3. The minimum atomic E-state index is -4.36. The van der Waals surface area contributed by atoms with E-state index in [1.54, 1.807) is 6.07 Å². The van der Waals surface area contributed by atoms with Crippen LogP contribution >= 0.6 is 0 Å². The van der Waals surface area contributed by atoms with Gasteiger partial charge in [-0.1, -0.05) is 18.2 Å². The van der Waals surface area contributed by atoms with E-state index in [2.05, 4.69) is 0 Å². The third kappa shape index (κ3) is 3.90. The van der Waals surface area contributed by atoms with E-state index < -0.39 is 11.7 Å². The Balaban J connectivity index is 1.84. The smallest absolute Gasteiger partial charge is 0.416 e. The molecule has 0 saturated carbocycles. The summed E-state index contributed by atoms with van der Waals surface area (Å²) < 4.78 is 49.4. The van der Waals surface area contributed by atoms with Crippen LogP contribution in [0.3, 0.4) is 0 Å². The zero-order chi connectivity index (χ0) is 17.9. The molecule has 3 rings (SSSR count). The minimum Gasteiger partial charge on any atom is -0.489 e. The Bertz CT molecular complexity index is 754. The Morgan fingerprint density at radius 1 is 1.16 bits per heavy atom. The van der Waals surface area contributed by atoms with Gasteiger partial charge < -0.3 is 15.2 Å². The largest absolute Gasteiger partial charge is 0.489 e. The van der Waals surface area contributed by atoms with E-state index in [0.717, 1.165) is 30.5 Å². The monoisotopic (exact) mass is 349 g/mol. The van der Waals surface area contributed by atoms with Crippen LogP contribution in [0.15, 0.2) is 54.7 Å². The molecule has 0 amide bonds. The van der Waals surface area contributed by atoms with Gasteiger partial charge in [0, 0.05) is 5.56 Å². The quantitative estimate of drug-likeness (QED) is 0.822. The number of benzene rings is 2. The van der Waals surface area contributed by atoms with Gasteiger partial charge in [0.25, 0.3) is 0 Å². The van der Waals surface area contributed by atoms with Crippen LogP contribution < -0.4 is 15.2 Å². The van der Waals surface area contributed by atoms with Gasteiger partial charge in [0.2, 0.25) is 0 Å². The fraction of sp³-hybridized carbons (Fsp3) is 0.263. The first-order valence-electron chi connectivity index (χ1n) is 7.96. The molecule has 6 heteroatoms. The summed E-state index contributed by atoms with van der Waals surface area (Å²) in [6.45, 7) is 0.559. The zero-order valence-corrected chi connectivity index (χ0v) is 13.4. The summed E-state index contributed by atoms with van der Waals surface area (Å²) in [5, 5.41) is 0. The van der Waals surface area contributed by atoms with Crippen LogP contribution in [0.25, 0.3) is 0 Å². The van der Waals surface area contributed by atoms with Crippen molar-refractivity contribution in [2.45, 2.75) is 24.9 Å². The second-order valence-corrected chi connectivity index (χ2v) is 5.80. The molecule has 25 heavy (non-hydrogen) atoms. The average Bonchev–Trinajstić information content (AvgIpc) is 2.60. The maximum atomic E-state index is 12.6. The standard InChI is InChI=1S/C19H18F3NO2/c20-19(21,22)14-6-8-15(9-7-14)25-17-5-1-4-16-13(3-2-11-23)10-12-24-18(16)17/h1-2,4-9,11,13H,3,10,12,23H2. The van der Waals surface area contributed by atoms with Crippen LogP contribution in [0, 0.1) is 0 Å². The maximum absolute atomic E-state index is 12.6. The van der Waals surface area contributed by atoms with Crippen molar-refractivity contribution in [1.29, 1.82) is 0 Å². The number of rotatable bonds is 4. The van der Waals surface area contributed by atoms with Crippen molar-refractivity contribution in [2.24, 2.45) is 5.73 Å². The number of para-hydroxylation sites is 1. The van der Waals surface area contributed by atoms with Crippen molar-refractivity contribution in [3.8, 4) is 17.2 Å². The molecule has 0 radical (unpaired) electrons. The normalized spacial score (nSPS) is 17.2. The maximum Gasteiger partial charge on any atom is 0.416 e. The van der Waals surface area contributed by atoms with Crippen molar-refractivity contribution in [3.63, 3.8) is 0 Å². The molecule has 0 fully saturated rings. The number of fused-ring (bicyclic) bond motifs is 1. The second-order valence-electron chi connectivity index (χ2n) is 5.80. The number of hydrogen-bond donors (Lipinski definition) is 1. The first-order chi connectivity index (χ1) is 12.0. The fourth-order valence-corrected chi connectivity index (χ4v) is 2.87. The molecular formula is C19H18F3NO2. The molecule has 2 N–H and O–H groups in total. The van der Waals surface area contributed by atoms with E-state index in [0.29, 0.717) is 23.9 Å². The molecule has 0 aromatic heterocycles. The summed E-state index contributed by atoms with van der Waals surface area (Å²) >= 11 is 0. The lowest BCUT2D eigenvalue weighted by Gasteiger charge is -2.26. The molecule has 1 heterocycles. The molecular weight excluding hydrogens is 331 g/mol. The van der Waals surface area contributed by atoms with Crippen molar-refractivity contribution < 1.29 is 22.6 Å². The van der Waals surface area contributed by atoms with Crippen LogP contribution in [0.2, 0.25) is 0 Å². The van der Waals surface area contributed by atoms with Crippen molar-refractivity contribution in [2.75, 3.05) is 6.61 Å². The summed E-state index contributed by atoms with van der Waals surface area (Å²) in [4.78, 5) is 0. The molecule has 0 saturated heterocycles. The van der Waals surface area contributed by atoms with E-state index >= 15 is 0 Å². The summed E-state index contributed by atoms with van der Waals surface area (Å²) in [7, 11) is 0. The van der Waals surface area contributed by atoms with E-state index in [9.17, 15) is 13.2 Å². The van der Waals surface area contributed by atoms with Gasteiger partial charge in [-0.15, -0.1) is 0 Å². The highest BCUT2D eigenvalue weighted by Gasteiger charge is 2.30. The van der Waals surface area contributed by atoms with Crippen molar-refractivity contribution >= 4 is 0 Å². The van der Waals surface area contributed by atoms with E-state index in [1.807, 2.05) is 18.2 Å². The third-order valence-electron chi connectivity index (χ3n) is 4.13. The number of nitrogens with two attached hydrogens (primary N) is 1. The van der Waals surface area contributed by atoms with Crippen LogP contribution in [-0.2, 0) is 6.18 Å². The first-order valence-corrected chi connectivity index (χ1v) is 7.96. The predicted octanol–water partition coefficient (Wildman–Crippen LogP) is 5.23. The molecule has 3 nitrogen and oxygen atoms in total. The average molecular weight is 349 g/mol. The van der Waals surface area contributed by atoms with Gasteiger partial charge >= 0.3 is 6.18 Å². The van der Waals surface area contributed by atoms with Crippen LogP contribution in [0.1, 0.15) is 29.9 Å². The molecule has 1 unspecified atom stereocenters. The van der Waals surface area contributed by atoms with Gasteiger partial charge in [-0.2, -0.15) is 13.2 Å². The van der Waals surface area contributed by atoms with Gasteiger partial charge in [0.15, 0.2) is 11.5 Å². The van der Waals surface area contributed by atoms with Crippen LogP contribution in [-0.4, -0.2) is 6.61 Å². The number of hydrogen-bond acceptors (Lipinski definition) is 3. The topological polar surface area (TPSA) is 44.5 Å². The third-order valence-corrected chi connectivity index (χ3v) is 4.13. The summed E-state index contributed by atoms with van der Waals surface area (Å²) in [6.07, 6.45) is 0.746. The Morgan fingerprint density at radius 2 is 1.92 bits per heavy atom. The molecule has 1 atom stereocenters. The fourth-order valence-electron chi connectivity index (χ4n) is 2.87. The molecule has 2 aromatic carbocycles. The predicted molar refractivity (Wildman–Crippen MR) is 88.8 cm³/mol. The van der Waals surface area contributed by atoms with Gasteiger partial charge in [-0.25, -0.2) is 0 Å². The Hall–Kier alpha value is -2.63. The van der Waals surface area contributed by atoms with Crippen molar-refractivity contribution in [1.82, 2.24) is 0 Å². The van der Waals surface area contributed by atoms with Crippen molar-refractivity contribution in [3.05, 3.63) is 65.9 Å². The summed E-state index contributed by atoms with van der Waals surface area (Å²) in [5.41, 5.74) is 5.74. The lowest BCUT2D eigenvalue weighted by atomic mass is 9.90. The van der Waals surface area contributed by atoms with Crippen LogP contribution in [0.5, 0.6) is 17.2 Å². The van der Waals surface area contributed by atoms with E-state index in [1.165, 1.54) is 18.3 Å². The molecule has 2 aromatic rings. The summed E-state index contributed by atoms with van der Waals surface area (Å²) in [6, 6.07) is 10.2.